The first-order valence-corrected chi connectivity index (χ1v) is 6.65. The Bertz CT molecular complexity index is 833. The second-order valence-corrected chi connectivity index (χ2v) is 4.99. The highest BCUT2D eigenvalue weighted by Crippen LogP contribution is 2.13. The van der Waals surface area contributed by atoms with Crippen molar-refractivity contribution in [2.75, 3.05) is 7.05 Å². The van der Waals surface area contributed by atoms with Gasteiger partial charge in [0.15, 0.2) is 0 Å². The van der Waals surface area contributed by atoms with E-state index in [-0.39, 0.29) is 11.6 Å². The predicted octanol–water partition coefficient (Wildman–Crippen LogP) is 2.13. The van der Waals surface area contributed by atoms with Gasteiger partial charge in [-0.1, -0.05) is 30.3 Å². The quantitative estimate of drug-likeness (QED) is 0.772. The van der Waals surface area contributed by atoms with Gasteiger partial charge in [0.25, 0.3) is 5.91 Å². The minimum absolute atomic E-state index is 0.0807. The van der Waals surface area contributed by atoms with E-state index >= 15 is 0 Å². The standard InChI is InChI=1S/C16H15N3O2/c1-19(10-11-5-3-2-4-6-11)15(20)12-7-8-13-14(9-12)18-16(21)17-13/h2-9H,10H2,1H3,(H2,17,18,21). The van der Waals surface area contributed by atoms with Crippen LogP contribution in [0.15, 0.2) is 53.3 Å². The van der Waals surface area contributed by atoms with Gasteiger partial charge < -0.3 is 14.9 Å². The van der Waals surface area contributed by atoms with Crippen molar-refractivity contribution in [1.82, 2.24) is 14.9 Å². The minimum atomic E-state index is -0.271. The third kappa shape index (κ3) is 2.72. The smallest absolute Gasteiger partial charge is 0.323 e. The number of hydrogen-bond acceptors (Lipinski definition) is 2. The lowest BCUT2D eigenvalue weighted by Gasteiger charge is -2.17. The molecule has 0 aliphatic rings. The number of aromatic nitrogens is 2. The van der Waals surface area contributed by atoms with Crippen LogP contribution in [0.3, 0.4) is 0 Å². The molecule has 0 unspecified atom stereocenters. The van der Waals surface area contributed by atoms with Crippen LogP contribution in [0.4, 0.5) is 0 Å². The van der Waals surface area contributed by atoms with Crippen molar-refractivity contribution in [1.29, 1.82) is 0 Å². The highest BCUT2D eigenvalue weighted by Gasteiger charge is 2.13. The molecule has 2 N–H and O–H groups in total. The first kappa shape index (κ1) is 13.2. The lowest BCUT2D eigenvalue weighted by molar-refractivity contribution is 0.0785. The number of imidazole rings is 1. The number of benzene rings is 2. The van der Waals surface area contributed by atoms with Crippen LogP contribution in [0, 0.1) is 0 Å². The SMILES string of the molecule is CN(Cc1ccccc1)C(=O)c1ccc2[nH]c(=O)[nH]c2c1. The average Bonchev–Trinajstić information content (AvgIpc) is 2.86. The first-order chi connectivity index (χ1) is 10.1. The molecule has 3 aromatic rings. The number of rotatable bonds is 3. The fourth-order valence-electron chi connectivity index (χ4n) is 2.32. The molecule has 1 amide bonds. The molecular formula is C16H15N3O2. The van der Waals surface area contributed by atoms with E-state index in [1.807, 2.05) is 30.3 Å². The van der Waals surface area contributed by atoms with Crippen LogP contribution < -0.4 is 5.69 Å². The van der Waals surface area contributed by atoms with E-state index in [1.165, 1.54) is 0 Å². The molecule has 0 aliphatic carbocycles. The van der Waals surface area contributed by atoms with Gasteiger partial charge in [-0.05, 0) is 23.8 Å². The number of nitrogens with one attached hydrogen (secondary N) is 2. The number of nitrogens with zero attached hydrogens (tertiary/aromatic N) is 1. The highest BCUT2D eigenvalue weighted by molar-refractivity contribution is 5.97. The summed E-state index contributed by atoms with van der Waals surface area (Å²) in [4.78, 5) is 30.6. The van der Waals surface area contributed by atoms with Crippen molar-refractivity contribution < 1.29 is 4.79 Å². The summed E-state index contributed by atoms with van der Waals surface area (Å²) >= 11 is 0. The summed E-state index contributed by atoms with van der Waals surface area (Å²) in [6.45, 7) is 0.543. The van der Waals surface area contributed by atoms with Crippen LogP contribution in [-0.4, -0.2) is 27.8 Å². The van der Waals surface area contributed by atoms with Crippen molar-refractivity contribution in [3.63, 3.8) is 0 Å². The van der Waals surface area contributed by atoms with E-state index in [4.69, 9.17) is 0 Å². The Labute approximate surface area is 121 Å². The lowest BCUT2D eigenvalue weighted by Crippen LogP contribution is -2.26. The third-order valence-corrected chi connectivity index (χ3v) is 3.37. The van der Waals surface area contributed by atoms with Gasteiger partial charge >= 0.3 is 5.69 Å². The maximum Gasteiger partial charge on any atom is 0.323 e. The van der Waals surface area contributed by atoms with Crippen molar-refractivity contribution in [3.05, 3.63) is 70.1 Å². The molecule has 106 valence electrons. The molecule has 0 saturated carbocycles. The fraction of sp³-hybridized carbons (Fsp3) is 0.125. The van der Waals surface area contributed by atoms with Gasteiger partial charge in [0, 0.05) is 19.2 Å². The Kier molecular flexibility index (Phi) is 3.31. The van der Waals surface area contributed by atoms with Gasteiger partial charge in [-0.25, -0.2) is 4.79 Å². The van der Waals surface area contributed by atoms with Crippen LogP contribution in [-0.2, 0) is 6.54 Å². The topological polar surface area (TPSA) is 69.0 Å². The number of carbonyl (C=O) groups excluding carboxylic acids is 1. The number of carbonyl (C=O) groups is 1. The largest absolute Gasteiger partial charge is 0.337 e. The summed E-state index contributed by atoms with van der Waals surface area (Å²) in [6, 6.07) is 15.0. The molecule has 2 aromatic carbocycles. The van der Waals surface area contributed by atoms with E-state index in [1.54, 1.807) is 30.1 Å². The normalized spacial score (nSPS) is 10.7. The van der Waals surface area contributed by atoms with Crippen LogP contribution in [0.2, 0.25) is 0 Å². The zero-order valence-electron chi connectivity index (χ0n) is 11.6. The molecule has 21 heavy (non-hydrogen) atoms. The van der Waals surface area contributed by atoms with E-state index in [0.29, 0.717) is 23.1 Å². The Hall–Kier alpha value is -2.82. The van der Waals surface area contributed by atoms with Crippen LogP contribution in [0.5, 0.6) is 0 Å². The predicted molar refractivity (Wildman–Crippen MR) is 81.2 cm³/mol. The molecule has 3 rings (SSSR count). The summed E-state index contributed by atoms with van der Waals surface area (Å²) in [5.41, 5.74) is 2.69. The van der Waals surface area contributed by atoms with E-state index < -0.39 is 0 Å². The van der Waals surface area contributed by atoms with Crippen LogP contribution in [0.25, 0.3) is 11.0 Å². The maximum absolute atomic E-state index is 12.4. The molecular weight excluding hydrogens is 266 g/mol. The molecule has 1 aromatic heterocycles. The Morgan fingerprint density at radius 1 is 1.05 bits per heavy atom. The summed E-state index contributed by atoms with van der Waals surface area (Å²) in [6.07, 6.45) is 0. The minimum Gasteiger partial charge on any atom is -0.337 e. The molecule has 5 heteroatoms. The van der Waals surface area contributed by atoms with Gasteiger partial charge in [0.2, 0.25) is 0 Å². The fourth-order valence-corrected chi connectivity index (χ4v) is 2.32. The average molecular weight is 281 g/mol. The molecule has 5 nitrogen and oxygen atoms in total. The Morgan fingerprint density at radius 2 is 1.76 bits per heavy atom. The summed E-state index contributed by atoms with van der Waals surface area (Å²) in [5, 5.41) is 0. The number of aromatic amines is 2. The molecule has 0 bridgehead atoms. The maximum atomic E-state index is 12.4. The molecule has 0 atom stereocenters. The number of amides is 1. The molecule has 0 spiro atoms. The van der Waals surface area contributed by atoms with E-state index in [9.17, 15) is 9.59 Å². The molecule has 0 radical (unpaired) electrons. The highest BCUT2D eigenvalue weighted by atomic mass is 16.2. The first-order valence-electron chi connectivity index (χ1n) is 6.65. The van der Waals surface area contributed by atoms with Gasteiger partial charge in [-0.2, -0.15) is 0 Å². The lowest BCUT2D eigenvalue weighted by atomic mass is 10.1. The van der Waals surface area contributed by atoms with Crippen molar-refractivity contribution in [2.24, 2.45) is 0 Å². The van der Waals surface area contributed by atoms with E-state index in [2.05, 4.69) is 9.97 Å². The Balaban J connectivity index is 1.83. The Morgan fingerprint density at radius 3 is 2.52 bits per heavy atom. The second-order valence-electron chi connectivity index (χ2n) is 4.99. The summed E-state index contributed by atoms with van der Waals surface area (Å²) in [7, 11) is 1.76. The van der Waals surface area contributed by atoms with Gasteiger partial charge in [0.1, 0.15) is 0 Å². The number of H-pyrrole nitrogens is 2. The molecule has 0 fully saturated rings. The second kappa shape index (κ2) is 5.28. The zero-order valence-corrected chi connectivity index (χ0v) is 11.6. The molecule has 1 heterocycles. The van der Waals surface area contributed by atoms with Gasteiger partial charge in [-0.3, -0.25) is 4.79 Å². The number of hydrogen-bond donors (Lipinski definition) is 2. The summed E-state index contributed by atoms with van der Waals surface area (Å²) in [5.74, 6) is -0.0807. The van der Waals surface area contributed by atoms with Crippen molar-refractivity contribution in [2.45, 2.75) is 6.54 Å². The van der Waals surface area contributed by atoms with Gasteiger partial charge in [0.05, 0.1) is 11.0 Å². The summed E-state index contributed by atoms with van der Waals surface area (Å²) < 4.78 is 0. The molecule has 0 saturated heterocycles. The van der Waals surface area contributed by atoms with Crippen LogP contribution in [0.1, 0.15) is 15.9 Å². The van der Waals surface area contributed by atoms with Crippen molar-refractivity contribution >= 4 is 16.9 Å². The zero-order chi connectivity index (χ0) is 14.8. The van der Waals surface area contributed by atoms with Crippen molar-refractivity contribution in [3.8, 4) is 0 Å². The van der Waals surface area contributed by atoms with Crippen LogP contribution >= 0.6 is 0 Å². The molecule has 0 aliphatic heterocycles. The monoisotopic (exact) mass is 281 g/mol. The van der Waals surface area contributed by atoms with Gasteiger partial charge in [-0.15, -0.1) is 0 Å². The van der Waals surface area contributed by atoms with E-state index in [0.717, 1.165) is 5.56 Å². The third-order valence-electron chi connectivity index (χ3n) is 3.37. The number of fused-ring (bicyclic) bond motifs is 1.